The Morgan fingerprint density at radius 3 is 2.57 bits per heavy atom. The van der Waals surface area contributed by atoms with Gasteiger partial charge in [-0.3, -0.25) is 0 Å². The lowest BCUT2D eigenvalue weighted by Crippen LogP contribution is -2.55. The van der Waals surface area contributed by atoms with Gasteiger partial charge in [-0.1, -0.05) is 0 Å². The van der Waals surface area contributed by atoms with Gasteiger partial charge < -0.3 is 10.1 Å². The Balaban J connectivity index is 1.50. The maximum Gasteiger partial charge on any atom is 0.292 e. The topological polar surface area (TPSA) is 73.9 Å². The van der Waals surface area contributed by atoms with E-state index in [0.29, 0.717) is 51.4 Å². The highest BCUT2D eigenvalue weighted by Gasteiger charge is 2.31. The summed E-state index contributed by atoms with van der Waals surface area (Å²) in [5, 5.41) is 5.25. The Bertz CT molecular complexity index is 435. The highest BCUT2D eigenvalue weighted by Crippen LogP contribution is 2.22. The van der Waals surface area contributed by atoms with Gasteiger partial charge in [0.2, 0.25) is 0 Å². The van der Waals surface area contributed by atoms with Gasteiger partial charge in [0.15, 0.2) is 0 Å². The largest absolute Gasteiger partial charge is 0.379 e. The van der Waals surface area contributed by atoms with Crippen molar-refractivity contribution < 1.29 is 13.2 Å². The Kier molecular flexibility index (Phi) is 5.13. The predicted molar refractivity (Wildman–Crippen MR) is 79.8 cm³/mol. The number of piperidine rings is 1. The van der Waals surface area contributed by atoms with Crippen molar-refractivity contribution in [2.75, 3.05) is 45.9 Å². The highest BCUT2D eigenvalue weighted by molar-refractivity contribution is 7.87. The molecule has 8 heteroatoms. The second-order valence-corrected chi connectivity index (χ2v) is 7.89. The first kappa shape index (κ1) is 15.6. The summed E-state index contributed by atoms with van der Waals surface area (Å²) in [7, 11) is -3.41. The monoisotopic (exact) mass is 318 g/mol. The molecule has 7 nitrogen and oxygen atoms in total. The van der Waals surface area contributed by atoms with Crippen LogP contribution in [0.15, 0.2) is 0 Å². The molecule has 0 aromatic carbocycles. The zero-order chi connectivity index (χ0) is 14.7. The van der Waals surface area contributed by atoms with E-state index in [-0.39, 0.29) is 0 Å². The van der Waals surface area contributed by atoms with E-state index in [9.17, 15) is 8.42 Å². The fraction of sp³-hybridized carbons (Fsp3) is 1.00. The molecule has 0 spiro atoms. The molecule has 2 saturated heterocycles. The average molecular weight is 318 g/mol. The number of nitrogens with zero attached hydrogens (tertiary/aromatic N) is 2. The molecule has 1 saturated carbocycles. The van der Waals surface area contributed by atoms with Crippen LogP contribution in [-0.2, 0) is 14.9 Å². The molecule has 0 radical (unpaired) electrons. The van der Waals surface area contributed by atoms with Gasteiger partial charge in [-0.2, -0.15) is 12.7 Å². The van der Waals surface area contributed by atoms with Crippen LogP contribution in [0.3, 0.4) is 0 Å². The van der Waals surface area contributed by atoms with Gasteiger partial charge in [-0.25, -0.2) is 5.01 Å². The van der Waals surface area contributed by atoms with Gasteiger partial charge in [0.1, 0.15) is 0 Å². The van der Waals surface area contributed by atoms with Crippen LogP contribution in [0.5, 0.6) is 0 Å². The minimum absolute atomic E-state index is 0.431. The molecule has 2 N–H and O–H groups in total. The summed E-state index contributed by atoms with van der Waals surface area (Å²) in [4.78, 5) is 2.69. The Morgan fingerprint density at radius 1 is 1.10 bits per heavy atom. The molecule has 122 valence electrons. The molecule has 3 rings (SSSR count). The van der Waals surface area contributed by atoms with Crippen LogP contribution in [0.25, 0.3) is 0 Å². The van der Waals surface area contributed by atoms with Crippen LogP contribution in [-0.4, -0.2) is 69.7 Å². The number of hydrogen-bond acceptors (Lipinski definition) is 5. The SMILES string of the molecule is O=S(=O)(NN1CCOCC1)N1CCCC(CNC2CC2)C1. The van der Waals surface area contributed by atoms with Crippen LogP contribution in [0.1, 0.15) is 25.7 Å². The molecule has 0 aromatic rings. The van der Waals surface area contributed by atoms with E-state index < -0.39 is 10.2 Å². The Hall–Kier alpha value is -0.250. The summed E-state index contributed by atoms with van der Waals surface area (Å²) in [5.74, 6) is 0.431. The van der Waals surface area contributed by atoms with Crippen molar-refractivity contribution in [3.8, 4) is 0 Å². The lowest BCUT2D eigenvalue weighted by Gasteiger charge is -2.34. The lowest BCUT2D eigenvalue weighted by atomic mass is 10.00. The van der Waals surface area contributed by atoms with Crippen LogP contribution >= 0.6 is 0 Å². The van der Waals surface area contributed by atoms with E-state index in [1.807, 2.05) is 0 Å². The number of rotatable bonds is 6. The second kappa shape index (κ2) is 6.89. The molecule has 1 aliphatic carbocycles. The molecule has 1 atom stereocenters. The number of hydrazine groups is 1. The molecule has 3 fully saturated rings. The first-order valence-electron chi connectivity index (χ1n) is 7.97. The van der Waals surface area contributed by atoms with Gasteiger partial charge in [0, 0.05) is 32.2 Å². The summed E-state index contributed by atoms with van der Waals surface area (Å²) in [6.45, 7) is 4.57. The molecule has 21 heavy (non-hydrogen) atoms. The lowest BCUT2D eigenvalue weighted by molar-refractivity contribution is 0.0258. The summed E-state index contributed by atoms with van der Waals surface area (Å²) >= 11 is 0. The maximum absolute atomic E-state index is 12.5. The summed E-state index contributed by atoms with van der Waals surface area (Å²) in [6, 6.07) is 0.684. The molecule has 3 aliphatic rings. The van der Waals surface area contributed by atoms with Crippen LogP contribution in [0.4, 0.5) is 0 Å². The highest BCUT2D eigenvalue weighted by atomic mass is 32.2. The number of nitrogens with one attached hydrogen (secondary N) is 2. The molecule has 0 bridgehead atoms. The van der Waals surface area contributed by atoms with E-state index >= 15 is 0 Å². The minimum atomic E-state index is -3.41. The van der Waals surface area contributed by atoms with Gasteiger partial charge in [-0.15, -0.1) is 4.83 Å². The fourth-order valence-electron chi connectivity index (χ4n) is 2.91. The van der Waals surface area contributed by atoms with Gasteiger partial charge >= 0.3 is 0 Å². The summed E-state index contributed by atoms with van der Waals surface area (Å²) in [6.07, 6.45) is 4.60. The zero-order valence-corrected chi connectivity index (χ0v) is 13.3. The maximum atomic E-state index is 12.5. The van der Waals surface area contributed by atoms with Crippen molar-refractivity contribution in [3.05, 3.63) is 0 Å². The van der Waals surface area contributed by atoms with Crippen molar-refractivity contribution in [1.29, 1.82) is 0 Å². The third kappa shape index (κ3) is 4.61. The Labute approximate surface area is 127 Å². The summed E-state index contributed by atoms with van der Waals surface area (Å²) < 4.78 is 31.8. The standard InChI is InChI=1S/C13H26N4O3S/c18-21(19,15-16-6-8-20-9-7-16)17-5-1-2-12(11-17)10-14-13-3-4-13/h12-15H,1-11H2. The van der Waals surface area contributed by atoms with Crippen LogP contribution in [0.2, 0.25) is 0 Å². The zero-order valence-electron chi connectivity index (χ0n) is 12.5. The van der Waals surface area contributed by atoms with Gasteiger partial charge in [0.25, 0.3) is 10.2 Å². The van der Waals surface area contributed by atoms with E-state index in [2.05, 4.69) is 10.1 Å². The second-order valence-electron chi connectivity index (χ2n) is 6.24. The number of morpholine rings is 1. The third-order valence-corrected chi connectivity index (χ3v) is 5.85. The molecular formula is C13H26N4O3S. The van der Waals surface area contributed by atoms with E-state index in [1.165, 1.54) is 12.8 Å². The van der Waals surface area contributed by atoms with Crippen molar-refractivity contribution in [1.82, 2.24) is 19.5 Å². The predicted octanol–water partition coefficient (Wildman–Crippen LogP) is -0.468. The third-order valence-electron chi connectivity index (χ3n) is 4.35. The van der Waals surface area contributed by atoms with Crippen molar-refractivity contribution in [3.63, 3.8) is 0 Å². The van der Waals surface area contributed by atoms with E-state index in [1.54, 1.807) is 9.31 Å². The first-order valence-corrected chi connectivity index (χ1v) is 9.41. The van der Waals surface area contributed by atoms with Crippen LogP contribution in [0, 0.1) is 5.92 Å². The van der Waals surface area contributed by atoms with Crippen LogP contribution < -0.4 is 10.1 Å². The van der Waals surface area contributed by atoms with E-state index in [0.717, 1.165) is 19.4 Å². The van der Waals surface area contributed by atoms with Gasteiger partial charge in [-0.05, 0) is 38.1 Å². The first-order chi connectivity index (χ1) is 10.1. The van der Waals surface area contributed by atoms with Crippen molar-refractivity contribution >= 4 is 10.2 Å². The van der Waals surface area contributed by atoms with Gasteiger partial charge in [0.05, 0.1) is 13.2 Å². The number of ether oxygens (including phenoxy) is 1. The Morgan fingerprint density at radius 2 is 1.86 bits per heavy atom. The summed E-state index contributed by atoms with van der Waals surface area (Å²) in [5.41, 5.74) is 0. The molecule has 2 heterocycles. The molecular weight excluding hydrogens is 292 g/mol. The number of hydrogen-bond donors (Lipinski definition) is 2. The average Bonchev–Trinajstić information content (AvgIpc) is 3.30. The van der Waals surface area contributed by atoms with Crippen molar-refractivity contribution in [2.45, 2.75) is 31.7 Å². The minimum Gasteiger partial charge on any atom is -0.379 e. The smallest absolute Gasteiger partial charge is 0.292 e. The molecule has 2 aliphatic heterocycles. The molecule has 1 unspecified atom stereocenters. The van der Waals surface area contributed by atoms with Crippen molar-refractivity contribution in [2.24, 2.45) is 5.92 Å². The fourth-order valence-corrected chi connectivity index (χ4v) is 4.31. The quantitative estimate of drug-likeness (QED) is 0.693. The molecule has 0 aromatic heterocycles. The van der Waals surface area contributed by atoms with E-state index in [4.69, 9.17) is 4.74 Å². The molecule has 0 amide bonds. The normalized spacial score (nSPS) is 29.6.